The van der Waals surface area contributed by atoms with E-state index in [1.807, 2.05) is 0 Å². The van der Waals surface area contributed by atoms with Crippen LogP contribution in [0.1, 0.15) is 12.8 Å². The quantitative estimate of drug-likeness (QED) is 0.483. The first kappa shape index (κ1) is 12.9. The van der Waals surface area contributed by atoms with Crippen LogP contribution in [0.15, 0.2) is 0 Å². The van der Waals surface area contributed by atoms with E-state index in [2.05, 4.69) is 5.32 Å². The van der Waals surface area contributed by atoms with Crippen LogP contribution in [0.2, 0.25) is 0 Å². The fourth-order valence-electron chi connectivity index (χ4n) is 1.75. The third-order valence-electron chi connectivity index (χ3n) is 2.63. The normalized spacial score (nSPS) is 20.4. The van der Waals surface area contributed by atoms with E-state index < -0.39 is 11.9 Å². The molecule has 0 saturated carbocycles. The minimum atomic E-state index is -0.894. The minimum Gasteiger partial charge on any atom is -0.481 e. The second-order valence-electron chi connectivity index (χ2n) is 3.91. The molecular weight excluding hydrogens is 212 g/mol. The molecule has 1 unspecified atom stereocenters. The van der Waals surface area contributed by atoms with E-state index >= 15 is 0 Å². The Hall–Kier alpha value is -1.14. The smallest absolute Gasteiger partial charge is 0.308 e. The van der Waals surface area contributed by atoms with E-state index in [1.54, 1.807) is 4.90 Å². The van der Waals surface area contributed by atoms with Crippen LogP contribution in [0.4, 0.5) is 0 Å². The maximum absolute atomic E-state index is 11.4. The Kier molecular flexibility index (Phi) is 5.21. The first-order valence-corrected chi connectivity index (χ1v) is 5.47. The molecule has 0 aromatic rings. The lowest BCUT2D eigenvalue weighted by Crippen LogP contribution is -2.30. The van der Waals surface area contributed by atoms with Gasteiger partial charge in [-0.25, -0.2) is 0 Å². The molecule has 6 nitrogen and oxygen atoms in total. The van der Waals surface area contributed by atoms with Gasteiger partial charge in [-0.15, -0.1) is 0 Å². The van der Waals surface area contributed by atoms with Crippen molar-refractivity contribution in [1.29, 1.82) is 0 Å². The topological polar surface area (TPSA) is 89.9 Å². The molecule has 1 atom stereocenters. The molecule has 1 fully saturated rings. The molecule has 1 amide bonds. The molecule has 0 spiro atoms. The third kappa shape index (κ3) is 3.79. The Morgan fingerprint density at radius 2 is 2.25 bits per heavy atom. The summed E-state index contributed by atoms with van der Waals surface area (Å²) in [7, 11) is 0. The number of likely N-dealkylation sites (tertiary alicyclic amines) is 1. The van der Waals surface area contributed by atoms with Crippen molar-refractivity contribution in [2.75, 3.05) is 32.8 Å². The molecule has 3 N–H and O–H groups in total. The Morgan fingerprint density at radius 1 is 1.50 bits per heavy atom. The molecule has 6 heteroatoms. The van der Waals surface area contributed by atoms with Crippen LogP contribution in [0.5, 0.6) is 0 Å². The van der Waals surface area contributed by atoms with Crippen LogP contribution in [-0.2, 0) is 9.59 Å². The average Bonchev–Trinajstić information content (AvgIpc) is 2.60. The number of nitrogens with zero attached hydrogens (tertiary/aromatic N) is 1. The largest absolute Gasteiger partial charge is 0.481 e. The van der Waals surface area contributed by atoms with Gasteiger partial charge in [0.1, 0.15) is 0 Å². The summed E-state index contributed by atoms with van der Waals surface area (Å²) in [5, 5.41) is 20.3. The standard InChI is InChI=1S/C10H18N2O4/c13-5-3-11-2-1-4-12-7-8(10(15)16)6-9(12)14/h8,11,13H,1-7H2,(H,15,16). The van der Waals surface area contributed by atoms with Crippen LogP contribution >= 0.6 is 0 Å². The lowest BCUT2D eigenvalue weighted by molar-refractivity contribution is -0.141. The van der Waals surface area contributed by atoms with Crippen LogP contribution in [0, 0.1) is 5.92 Å². The highest BCUT2D eigenvalue weighted by atomic mass is 16.4. The van der Waals surface area contributed by atoms with Crippen molar-refractivity contribution < 1.29 is 19.8 Å². The lowest BCUT2D eigenvalue weighted by Gasteiger charge is -2.15. The zero-order valence-electron chi connectivity index (χ0n) is 9.19. The molecule has 16 heavy (non-hydrogen) atoms. The number of aliphatic carboxylic acids is 1. The summed E-state index contributed by atoms with van der Waals surface area (Å²) in [5.41, 5.74) is 0. The monoisotopic (exact) mass is 230 g/mol. The van der Waals surface area contributed by atoms with Gasteiger partial charge < -0.3 is 20.4 Å². The van der Waals surface area contributed by atoms with Crippen molar-refractivity contribution in [3.8, 4) is 0 Å². The molecule has 1 rings (SSSR count). The third-order valence-corrected chi connectivity index (χ3v) is 2.63. The second kappa shape index (κ2) is 6.44. The lowest BCUT2D eigenvalue weighted by atomic mass is 10.1. The van der Waals surface area contributed by atoms with Crippen LogP contribution in [0.3, 0.4) is 0 Å². The van der Waals surface area contributed by atoms with Crippen molar-refractivity contribution in [2.24, 2.45) is 5.92 Å². The summed E-state index contributed by atoms with van der Waals surface area (Å²) >= 11 is 0. The average molecular weight is 230 g/mol. The second-order valence-corrected chi connectivity index (χ2v) is 3.91. The van der Waals surface area contributed by atoms with Gasteiger partial charge in [0.25, 0.3) is 0 Å². The van der Waals surface area contributed by atoms with Crippen LogP contribution in [-0.4, -0.2) is 59.8 Å². The number of amides is 1. The number of hydrogen-bond donors (Lipinski definition) is 3. The van der Waals surface area contributed by atoms with Crippen LogP contribution in [0.25, 0.3) is 0 Å². The predicted octanol–water partition coefficient (Wildman–Crippen LogP) is -1.11. The highest BCUT2D eigenvalue weighted by Crippen LogP contribution is 2.17. The number of carboxylic acid groups (broad SMARTS) is 1. The SMILES string of the molecule is O=C(O)C1CC(=O)N(CCCNCCO)C1. The van der Waals surface area contributed by atoms with Crippen molar-refractivity contribution in [1.82, 2.24) is 10.2 Å². The first-order chi connectivity index (χ1) is 7.65. The Balaban J connectivity index is 2.18. The molecule has 1 aliphatic heterocycles. The summed E-state index contributed by atoms with van der Waals surface area (Å²) in [6.07, 6.45) is 0.900. The Labute approximate surface area is 94.2 Å². The van der Waals surface area contributed by atoms with Gasteiger partial charge in [-0.2, -0.15) is 0 Å². The number of aliphatic hydroxyl groups is 1. The summed E-state index contributed by atoms with van der Waals surface area (Å²) in [4.78, 5) is 23.7. The minimum absolute atomic E-state index is 0.0745. The number of rotatable bonds is 7. The highest BCUT2D eigenvalue weighted by molar-refractivity contribution is 5.86. The molecular formula is C10H18N2O4. The summed E-state index contributed by atoms with van der Waals surface area (Å²) < 4.78 is 0. The zero-order chi connectivity index (χ0) is 12.0. The van der Waals surface area contributed by atoms with Gasteiger partial charge in [0.2, 0.25) is 5.91 Å². The van der Waals surface area contributed by atoms with Gasteiger partial charge >= 0.3 is 5.97 Å². The number of aliphatic hydroxyl groups excluding tert-OH is 1. The number of carboxylic acids is 1. The molecule has 1 heterocycles. The Bertz CT molecular complexity index is 257. The van der Waals surface area contributed by atoms with Crippen molar-refractivity contribution in [3.05, 3.63) is 0 Å². The van der Waals surface area contributed by atoms with Crippen molar-refractivity contribution in [3.63, 3.8) is 0 Å². The first-order valence-electron chi connectivity index (χ1n) is 5.47. The highest BCUT2D eigenvalue weighted by Gasteiger charge is 2.33. The van der Waals surface area contributed by atoms with E-state index in [4.69, 9.17) is 10.2 Å². The van der Waals surface area contributed by atoms with Gasteiger partial charge in [0.15, 0.2) is 0 Å². The fourth-order valence-corrected chi connectivity index (χ4v) is 1.75. The summed E-state index contributed by atoms with van der Waals surface area (Å²) in [6.45, 7) is 2.28. The van der Waals surface area contributed by atoms with Gasteiger partial charge in [-0.1, -0.05) is 0 Å². The molecule has 0 aliphatic carbocycles. The van der Waals surface area contributed by atoms with E-state index in [0.29, 0.717) is 19.6 Å². The number of nitrogens with one attached hydrogen (secondary N) is 1. The van der Waals surface area contributed by atoms with E-state index in [9.17, 15) is 9.59 Å². The number of hydrogen-bond acceptors (Lipinski definition) is 4. The molecule has 1 saturated heterocycles. The van der Waals surface area contributed by atoms with Crippen LogP contribution < -0.4 is 5.32 Å². The number of carbonyl (C=O) groups excluding carboxylic acids is 1. The van der Waals surface area contributed by atoms with Crippen molar-refractivity contribution >= 4 is 11.9 Å². The van der Waals surface area contributed by atoms with Gasteiger partial charge in [-0.3, -0.25) is 9.59 Å². The number of carbonyl (C=O) groups is 2. The van der Waals surface area contributed by atoms with Gasteiger partial charge in [0.05, 0.1) is 12.5 Å². The summed E-state index contributed by atoms with van der Waals surface area (Å²) in [5.74, 6) is -1.51. The van der Waals surface area contributed by atoms with E-state index in [1.165, 1.54) is 0 Å². The molecule has 0 aromatic carbocycles. The zero-order valence-corrected chi connectivity index (χ0v) is 9.19. The predicted molar refractivity (Wildman–Crippen MR) is 56.9 cm³/mol. The molecule has 0 aromatic heterocycles. The molecule has 1 aliphatic rings. The van der Waals surface area contributed by atoms with Gasteiger partial charge in [0, 0.05) is 26.1 Å². The van der Waals surface area contributed by atoms with E-state index in [-0.39, 0.29) is 18.9 Å². The fraction of sp³-hybridized carbons (Fsp3) is 0.800. The molecule has 0 radical (unpaired) electrons. The summed E-state index contributed by atoms with van der Waals surface area (Å²) in [6, 6.07) is 0. The van der Waals surface area contributed by atoms with Crippen molar-refractivity contribution in [2.45, 2.75) is 12.8 Å². The Morgan fingerprint density at radius 3 is 2.81 bits per heavy atom. The maximum atomic E-state index is 11.4. The van der Waals surface area contributed by atoms with E-state index in [0.717, 1.165) is 13.0 Å². The molecule has 92 valence electrons. The molecule has 0 bridgehead atoms. The van der Waals surface area contributed by atoms with Gasteiger partial charge in [-0.05, 0) is 13.0 Å². The maximum Gasteiger partial charge on any atom is 0.308 e.